The molecule has 0 aliphatic carbocycles. The van der Waals surface area contributed by atoms with Crippen LogP contribution in [0, 0.1) is 6.92 Å². The van der Waals surface area contributed by atoms with E-state index < -0.39 is 0 Å². The van der Waals surface area contributed by atoms with E-state index in [1.165, 1.54) is 4.88 Å². The third-order valence-electron chi connectivity index (χ3n) is 3.20. The summed E-state index contributed by atoms with van der Waals surface area (Å²) in [5.74, 6) is 1.73. The first kappa shape index (κ1) is 15.2. The molecule has 0 spiro atoms. The molecular weight excluding hydrogens is 270 g/mol. The van der Waals surface area contributed by atoms with E-state index in [-0.39, 0.29) is 6.10 Å². The van der Waals surface area contributed by atoms with Gasteiger partial charge in [0.2, 0.25) is 0 Å². The SMILES string of the molecule is CCCNc1nc(C(CCC)OC)nc2sc(C)cc12. The molecule has 20 heavy (non-hydrogen) atoms. The Hall–Kier alpha value is -1.20. The molecule has 0 fully saturated rings. The molecule has 0 aliphatic rings. The number of anilines is 1. The normalized spacial score (nSPS) is 12.8. The van der Waals surface area contributed by atoms with E-state index in [2.05, 4.69) is 32.2 Å². The Bertz CT molecular complexity index is 567. The van der Waals surface area contributed by atoms with Gasteiger partial charge in [0.05, 0.1) is 5.39 Å². The first-order valence-corrected chi connectivity index (χ1v) is 8.06. The van der Waals surface area contributed by atoms with Crippen molar-refractivity contribution >= 4 is 27.4 Å². The first-order valence-electron chi connectivity index (χ1n) is 7.24. The fourth-order valence-corrected chi connectivity index (χ4v) is 3.08. The summed E-state index contributed by atoms with van der Waals surface area (Å²) in [5.41, 5.74) is 0. The van der Waals surface area contributed by atoms with E-state index in [9.17, 15) is 0 Å². The van der Waals surface area contributed by atoms with Crippen LogP contribution in [0.15, 0.2) is 6.07 Å². The Balaban J connectivity index is 2.44. The summed E-state index contributed by atoms with van der Waals surface area (Å²) in [4.78, 5) is 11.7. The topological polar surface area (TPSA) is 47.0 Å². The predicted molar refractivity (Wildman–Crippen MR) is 85.6 cm³/mol. The van der Waals surface area contributed by atoms with Crippen LogP contribution in [0.25, 0.3) is 10.2 Å². The van der Waals surface area contributed by atoms with Crippen molar-refractivity contribution in [2.24, 2.45) is 0 Å². The fraction of sp³-hybridized carbons (Fsp3) is 0.600. The molecule has 0 radical (unpaired) electrons. The van der Waals surface area contributed by atoms with Crippen LogP contribution in [0.1, 0.15) is 49.9 Å². The van der Waals surface area contributed by atoms with Crippen molar-refractivity contribution in [2.45, 2.75) is 46.1 Å². The van der Waals surface area contributed by atoms with Crippen LogP contribution in [-0.2, 0) is 4.74 Å². The Morgan fingerprint density at radius 1 is 1.30 bits per heavy atom. The molecule has 2 aromatic rings. The van der Waals surface area contributed by atoms with Crippen molar-refractivity contribution in [3.63, 3.8) is 0 Å². The van der Waals surface area contributed by atoms with Gasteiger partial charge in [0, 0.05) is 18.5 Å². The lowest BCUT2D eigenvalue weighted by Crippen LogP contribution is -2.10. The number of ether oxygens (including phenoxy) is 1. The van der Waals surface area contributed by atoms with Gasteiger partial charge in [0.25, 0.3) is 0 Å². The van der Waals surface area contributed by atoms with E-state index in [1.807, 2.05) is 0 Å². The zero-order chi connectivity index (χ0) is 14.5. The maximum atomic E-state index is 5.54. The number of nitrogens with zero attached hydrogens (tertiary/aromatic N) is 2. The Labute approximate surface area is 124 Å². The minimum absolute atomic E-state index is 0.0195. The lowest BCUT2D eigenvalue weighted by Gasteiger charge is -2.14. The quantitative estimate of drug-likeness (QED) is 0.826. The Morgan fingerprint density at radius 3 is 2.75 bits per heavy atom. The van der Waals surface area contributed by atoms with Crippen molar-refractivity contribution in [3.05, 3.63) is 16.8 Å². The molecule has 0 aromatic carbocycles. The molecule has 4 nitrogen and oxygen atoms in total. The van der Waals surface area contributed by atoms with Gasteiger partial charge in [-0.15, -0.1) is 11.3 Å². The van der Waals surface area contributed by atoms with Gasteiger partial charge in [-0.05, 0) is 25.8 Å². The summed E-state index contributed by atoms with van der Waals surface area (Å²) in [7, 11) is 1.73. The smallest absolute Gasteiger partial charge is 0.161 e. The third-order valence-corrected chi connectivity index (χ3v) is 4.14. The summed E-state index contributed by atoms with van der Waals surface area (Å²) in [6, 6.07) is 2.16. The van der Waals surface area contributed by atoms with Crippen LogP contribution in [0.2, 0.25) is 0 Å². The molecule has 0 saturated carbocycles. The van der Waals surface area contributed by atoms with E-state index in [1.54, 1.807) is 18.4 Å². The molecule has 1 atom stereocenters. The molecule has 0 bridgehead atoms. The molecule has 0 aliphatic heterocycles. The second-order valence-electron chi connectivity index (χ2n) is 4.95. The van der Waals surface area contributed by atoms with Gasteiger partial charge in [0.1, 0.15) is 16.8 Å². The highest BCUT2D eigenvalue weighted by Gasteiger charge is 2.17. The zero-order valence-corrected chi connectivity index (χ0v) is 13.5. The number of methoxy groups -OCH3 is 1. The molecule has 110 valence electrons. The van der Waals surface area contributed by atoms with Gasteiger partial charge in [-0.25, -0.2) is 9.97 Å². The summed E-state index contributed by atoms with van der Waals surface area (Å²) >= 11 is 1.71. The highest BCUT2D eigenvalue weighted by atomic mass is 32.1. The highest BCUT2D eigenvalue weighted by Crippen LogP contribution is 2.31. The molecule has 0 saturated heterocycles. The van der Waals surface area contributed by atoms with Crippen LogP contribution in [0.3, 0.4) is 0 Å². The van der Waals surface area contributed by atoms with Crippen LogP contribution in [-0.4, -0.2) is 23.6 Å². The number of aryl methyl sites for hydroxylation is 1. The summed E-state index contributed by atoms with van der Waals surface area (Å²) in [6.07, 6.45) is 3.06. The number of hydrogen-bond acceptors (Lipinski definition) is 5. The van der Waals surface area contributed by atoms with Crippen molar-refractivity contribution in [2.75, 3.05) is 19.0 Å². The molecule has 1 unspecified atom stereocenters. The van der Waals surface area contributed by atoms with Crippen molar-refractivity contribution in [3.8, 4) is 0 Å². The number of rotatable bonds is 7. The standard InChI is InChI=1S/C15H23N3OS/c1-5-7-12(19-4)14-17-13(16-8-6-2)11-9-10(3)20-15(11)18-14/h9,12H,5-8H2,1-4H3,(H,16,17,18). The van der Waals surface area contributed by atoms with Gasteiger partial charge in [-0.1, -0.05) is 20.3 Å². The third kappa shape index (κ3) is 3.27. The van der Waals surface area contributed by atoms with Gasteiger partial charge in [-0.3, -0.25) is 0 Å². The Kier molecular flexibility index (Phi) is 5.31. The molecule has 2 heterocycles. The largest absolute Gasteiger partial charge is 0.373 e. The van der Waals surface area contributed by atoms with E-state index in [0.29, 0.717) is 0 Å². The predicted octanol–water partition coefficient (Wildman–Crippen LogP) is 4.31. The molecule has 0 amide bonds. The number of fused-ring (bicyclic) bond motifs is 1. The maximum Gasteiger partial charge on any atom is 0.161 e. The van der Waals surface area contributed by atoms with E-state index in [0.717, 1.165) is 47.7 Å². The van der Waals surface area contributed by atoms with Crippen LogP contribution >= 0.6 is 11.3 Å². The molecule has 1 N–H and O–H groups in total. The average molecular weight is 293 g/mol. The fourth-order valence-electron chi connectivity index (χ4n) is 2.20. The van der Waals surface area contributed by atoms with Gasteiger partial charge < -0.3 is 10.1 Å². The zero-order valence-electron chi connectivity index (χ0n) is 12.7. The van der Waals surface area contributed by atoms with Gasteiger partial charge >= 0.3 is 0 Å². The monoisotopic (exact) mass is 293 g/mol. The Morgan fingerprint density at radius 2 is 2.10 bits per heavy atom. The number of nitrogens with one attached hydrogen (secondary N) is 1. The highest BCUT2D eigenvalue weighted by molar-refractivity contribution is 7.18. The van der Waals surface area contributed by atoms with Gasteiger partial charge in [0.15, 0.2) is 5.82 Å². The second-order valence-corrected chi connectivity index (χ2v) is 6.18. The van der Waals surface area contributed by atoms with Crippen molar-refractivity contribution in [1.29, 1.82) is 0 Å². The second kappa shape index (κ2) is 6.99. The first-order chi connectivity index (χ1) is 9.69. The summed E-state index contributed by atoms with van der Waals surface area (Å²) in [6.45, 7) is 7.33. The maximum absolute atomic E-state index is 5.54. The van der Waals surface area contributed by atoms with E-state index in [4.69, 9.17) is 14.7 Å². The number of aromatic nitrogens is 2. The van der Waals surface area contributed by atoms with Crippen LogP contribution < -0.4 is 5.32 Å². The molecular formula is C15H23N3OS. The average Bonchev–Trinajstić information content (AvgIpc) is 2.82. The minimum Gasteiger partial charge on any atom is -0.373 e. The van der Waals surface area contributed by atoms with E-state index >= 15 is 0 Å². The van der Waals surface area contributed by atoms with Crippen molar-refractivity contribution < 1.29 is 4.74 Å². The van der Waals surface area contributed by atoms with Crippen LogP contribution in [0.4, 0.5) is 5.82 Å². The van der Waals surface area contributed by atoms with Crippen molar-refractivity contribution in [1.82, 2.24) is 9.97 Å². The number of hydrogen-bond donors (Lipinski definition) is 1. The molecule has 2 rings (SSSR count). The summed E-state index contributed by atoms with van der Waals surface area (Å²) in [5, 5.41) is 4.53. The molecule has 5 heteroatoms. The molecule has 2 aromatic heterocycles. The number of thiophene rings is 1. The minimum atomic E-state index is -0.0195. The van der Waals surface area contributed by atoms with Gasteiger partial charge in [-0.2, -0.15) is 0 Å². The lowest BCUT2D eigenvalue weighted by molar-refractivity contribution is 0.0881. The summed E-state index contributed by atoms with van der Waals surface area (Å²) < 4.78 is 5.54. The van der Waals surface area contributed by atoms with Crippen LogP contribution in [0.5, 0.6) is 0 Å². The lowest BCUT2D eigenvalue weighted by atomic mass is 10.2.